The second-order valence-corrected chi connectivity index (χ2v) is 6.46. The lowest BCUT2D eigenvalue weighted by Gasteiger charge is -2.09. The molecule has 4 rings (SSSR count). The maximum atomic E-state index is 6.07. The average Bonchev–Trinajstić information content (AvgIpc) is 3.11. The second-order valence-electron chi connectivity index (χ2n) is 6.03. The third-order valence-corrected chi connectivity index (χ3v) is 4.40. The van der Waals surface area contributed by atoms with Gasteiger partial charge in [-0.1, -0.05) is 41.9 Å². The van der Waals surface area contributed by atoms with Crippen LogP contribution in [0.2, 0.25) is 5.02 Å². The molecule has 0 saturated heterocycles. The molecule has 0 spiro atoms. The first-order valence-corrected chi connectivity index (χ1v) is 8.84. The van der Waals surface area contributed by atoms with Gasteiger partial charge in [0.05, 0.1) is 0 Å². The van der Waals surface area contributed by atoms with Crippen LogP contribution in [-0.4, -0.2) is 20.2 Å². The normalized spacial score (nSPS) is 10.9. The fraction of sp³-hybridized carbons (Fsp3) is 0.105. The zero-order valence-corrected chi connectivity index (χ0v) is 15.2. The van der Waals surface area contributed by atoms with Crippen molar-refractivity contribution in [2.45, 2.75) is 13.1 Å². The Kier molecular flexibility index (Phi) is 4.86. The maximum Gasteiger partial charge on any atom is 0.162 e. The summed E-state index contributed by atoms with van der Waals surface area (Å²) >= 11 is 6.07. The van der Waals surface area contributed by atoms with Gasteiger partial charge >= 0.3 is 0 Å². The van der Waals surface area contributed by atoms with E-state index >= 15 is 0 Å². The third kappa shape index (κ3) is 3.84. The molecule has 7 nitrogen and oxygen atoms in total. The standard InChI is InChI=1S/C19H18ClN7/c20-14-2-1-3-15(8-14)25-17-16-18(26-27-19(16)24-11-23-17)22-10-13-6-4-12(9-21)5-7-13/h1-8,11H,9-10,21H2,(H3,22,23,24,25,26,27). The molecule has 0 bridgehead atoms. The number of halogens is 1. The Morgan fingerprint density at radius 2 is 1.81 bits per heavy atom. The van der Waals surface area contributed by atoms with E-state index in [1.54, 1.807) is 0 Å². The monoisotopic (exact) mass is 379 g/mol. The second kappa shape index (κ2) is 7.61. The molecule has 0 fully saturated rings. The van der Waals surface area contributed by atoms with Crippen molar-refractivity contribution in [3.8, 4) is 0 Å². The highest BCUT2D eigenvalue weighted by Crippen LogP contribution is 2.28. The highest BCUT2D eigenvalue weighted by atomic mass is 35.5. The van der Waals surface area contributed by atoms with Crippen molar-refractivity contribution in [2.24, 2.45) is 5.73 Å². The number of hydrogen-bond acceptors (Lipinski definition) is 6. The first-order chi connectivity index (χ1) is 13.2. The predicted octanol–water partition coefficient (Wildman–Crippen LogP) is 3.82. The SMILES string of the molecule is NCc1ccc(CNc2n[nH]c3ncnc(Nc4cccc(Cl)c4)c23)cc1. The molecule has 0 atom stereocenters. The number of nitrogens with one attached hydrogen (secondary N) is 3. The maximum absolute atomic E-state index is 6.07. The summed E-state index contributed by atoms with van der Waals surface area (Å²) in [7, 11) is 0. The van der Waals surface area contributed by atoms with Crippen LogP contribution >= 0.6 is 11.6 Å². The smallest absolute Gasteiger partial charge is 0.162 e. The Morgan fingerprint density at radius 3 is 2.59 bits per heavy atom. The van der Waals surface area contributed by atoms with Gasteiger partial charge in [-0.15, -0.1) is 0 Å². The topological polar surface area (TPSA) is 105 Å². The van der Waals surface area contributed by atoms with Gasteiger partial charge in [-0.3, -0.25) is 5.10 Å². The van der Waals surface area contributed by atoms with Crippen molar-refractivity contribution in [3.63, 3.8) is 0 Å². The highest BCUT2D eigenvalue weighted by Gasteiger charge is 2.13. The number of rotatable bonds is 6. The number of hydrogen-bond donors (Lipinski definition) is 4. The van der Waals surface area contributed by atoms with Crippen LogP contribution in [0, 0.1) is 0 Å². The summed E-state index contributed by atoms with van der Waals surface area (Å²) in [4.78, 5) is 8.61. The average molecular weight is 380 g/mol. The number of aromatic amines is 1. The zero-order valence-electron chi connectivity index (χ0n) is 14.4. The van der Waals surface area contributed by atoms with E-state index in [4.69, 9.17) is 17.3 Å². The van der Waals surface area contributed by atoms with Gasteiger partial charge < -0.3 is 16.4 Å². The molecule has 5 N–H and O–H groups in total. The summed E-state index contributed by atoms with van der Waals surface area (Å²) in [6.07, 6.45) is 1.49. The first-order valence-electron chi connectivity index (χ1n) is 8.46. The lowest BCUT2D eigenvalue weighted by atomic mass is 10.1. The summed E-state index contributed by atoms with van der Waals surface area (Å²) in [6, 6.07) is 15.6. The molecule has 2 heterocycles. The number of aromatic nitrogens is 4. The quantitative estimate of drug-likeness (QED) is 0.406. The van der Waals surface area contributed by atoms with Crippen molar-refractivity contribution in [1.82, 2.24) is 20.2 Å². The molecular weight excluding hydrogens is 362 g/mol. The molecule has 0 amide bonds. The predicted molar refractivity (Wildman–Crippen MR) is 108 cm³/mol. The molecule has 0 radical (unpaired) electrons. The van der Waals surface area contributed by atoms with E-state index in [-0.39, 0.29) is 0 Å². The number of nitrogens with zero attached hydrogens (tertiary/aromatic N) is 3. The van der Waals surface area contributed by atoms with Crippen molar-refractivity contribution < 1.29 is 0 Å². The molecule has 0 saturated carbocycles. The number of nitrogens with two attached hydrogens (primary N) is 1. The number of fused-ring (bicyclic) bond motifs is 1. The van der Waals surface area contributed by atoms with Crippen LogP contribution in [-0.2, 0) is 13.1 Å². The summed E-state index contributed by atoms with van der Waals surface area (Å²) in [5, 5.41) is 15.3. The van der Waals surface area contributed by atoms with Crippen molar-refractivity contribution in [1.29, 1.82) is 0 Å². The summed E-state index contributed by atoms with van der Waals surface area (Å²) in [6.45, 7) is 1.16. The van der Waals surface area contributed by atoms with Gasteiger partial charge in [0.1, 0.15) is 17.5 Å². The van der Waals surface area contributed by atoms with Crippen molar-refractivity contribution in [3.05, 3.63) is 71.0 Å². The lowest BCUT2D eigenvalue weighted by molar-refractivity contribution is 1.04. The fourth-order valence-corrected chi connectivity index (χ4v) is 2.95. The summed E-state index contributed by atoms with van der Waals surface area (Å²) in [5.74, 6) is 1.33. The summed E-state index contributed by atoms with van der Waals surface area (Å²) in [5.41, 5.74) is 9.36. The molecule has 27 heavy (non-hydrogen) atoms. The Bertz CT molecular complexity index is 1060. The van der Waals surface area contributed by atoms with Crippen LogP contribution < -0.4 is 16.4 Å². The molecule has 2 aromatic carbocycles. The van der Waals surface area contributed by atoms with Crippen LogP contribution in [0.25, 0.3) is 11.0 Å². The number of H-pyrrole nitrogens is 1. The van der Waals surface area contributed by atoms with Gasteiger partial charge in [-0.2, -0.15) is 5.10 Å². The van der Waals surface area contributed by atoms with E-state index in [1.807, 2.05) is 48.5 Å². The molecule has 0 aliphatic carbocycles. The molecule has 4 aromatic rings. The Balaban J connectivity index is 1.59. The Hall–Kier alpha value is -3.16. The van der Waals surface area contributed by atoms with Crippen LogP contribution in [0.1, 0.15) is 11.1 Å². The van der Waals surface area contributed by atoms with Gasteiger partial charge in [0.15, 0.2) is 11.5 Å². The lowest BCUT2D eigenvalue weighted by Crippen LogP contribution is -2.02. The fourth-order valence-electron chi connectivity index (χ4n) is 2.76. The van der Waals surface area contributed by atoms with Gasteiger partial charge in [0.2, 0.25) is 0 Å². The van der Waals surface area contributed by atoms with Gasteiger partial charge in [0.25, 0.3) is 0 Å². The molecule has 2 aromatic heterocycles. The van der Waals surface area contributed by atoms with Crippen molar-refractivity contribution in [2.75, 3.05) is 10.6 Å². The van der Waals surface area contributed by atoms with Crippen LogP contribution in [0.15, 0.2) is 54.9 Å². The Labute approximate surface area is 161 Å². The van der Waals surface area contributed by atoms with E-state index < -0.39 is 0 Å². The van der Waals surface area contributed by atoms with Crippen LogP contribution in [0.3, 0.4) is 0 Å². The minimum absolute atomic E-state index is 0.535. The van der Waals surface area contributed by atoms with E-state index in [9.17, 15) is 0 Å². The number of anilines is 3. The highest BCUT2D eigenvalue weighted by molar-refractivity contribution is 6.30. The summed E-state index contributed by atoms with van der Waals surface area (Å²) < 4.78 is 0. The minimum atomic E-state index is 0.535. The van der Waals surface area contributed by atoms with E-state index in [2.05, 4.69) is 30.8 Å². The van der Waals surface area contributed by atoms with Crippen LogP contribution in [0.5, 0.6) is 0 Å². The Morgan fingerprint density at radius 1 is 1.00 bits per heavy atom. The molecular formula is C19H18ClN7. The van der Waals surface area contributed by atoms with Crippen molar-refractivity contribution >= 4 is 40.0 Å². The van der Waals surface area contributed by atoms with Gasteiger partial charge in [-0.05, 0) is 29.3 Å². The third-order valence-electron chi connectivity index (χ3n) is 4.16. The molecule has 8 heteroatoms. The molecule has 0 aliphatic rings. The van der Waals surface area contributed by atoms with E-state index in [0.717, 1.165) is 22.2 Å². The minimum Gasteiger partial charge on any atom is -0.364 e. The van der Waals surface area contributed by atoms with Gasteiger partial charge in [0, 0.05) is 23.8 Å². The first kappa shape index (κ1) is 17.3. The largest absolute Gasteiger partial charge is 0.364 e. The number of benzene rings is 2. The molecule has 0 aliphatic heterocycles. The van der Waals surface area contributed by atoms with Gasteiger partial charge in [-0.25, -0.2) is 9.97 Å². The zero-order chi connectivity index (χ0) is 18.6. The van der Waals surface area contributed by atoms with Crippen LogP contribution in [0.4, 0.5) is 17.3 Å². The van der Waals surface area contributed by atoms with E-state index in [0.29, 0.717) is 35.4 Å². The molecule has 136 valence electrons. The van der Waals surface area contributed by atoms with E-state index in [1.165, 1.54) is 6.33 Å². The molecule has 0 unspecified atom stereocenters.